The number of ketones is 1. The van der Waals surface area contributed by atoms with Crippen molar-refractivity contribution in [2.45, 2.75) is 31.7 Å². The number of nitrogens with one attached hydrogen (secondary N) is 2. The van der Waals surface area contributed by atoms with Crippen molar-refractivity contribution in [3.63, 3.8) is 0 Å². The number of carbonyl (C=O) groups excluding carboxylic acids is 1. The first-order chi connectivity index (χ1) is 18.1. The lowest BCUT2D eigenvalue weighted by Gasteiger charge is -2.30. The highest BCUT2D eigenvalue weighted by atomic mass is 16.5. The van der Waals surface area contributed by atoms with Crippen LogP contribution in [0.25, 0.3) is 0 Å². The van der Waals surface area contributed by atoms with Crippen LogP contribution in [0.15, 0.2) is 71.9 Å². The molecule has 0 saturated heterocycles. The Labute approximate surface area is 217 Å². The number of fused-ring (bicyclic) bond motifs is 1. The molecule has 1 heterocycles. The summed E-state index contributed by atoms with van der Waals surface area (Å²) in [6.07, 6.45) is 1.05. The fourth-order valence-electron chi connectivity index (χ4n) is 5.24. The minimum absolute atomic E-state index is 0.0429. The number of carbonyl (C=O) groups is 1. The van der Waals surface area contributed by atoms with E-state index in [1.54, 1.807) is 21.3 Å². The molecule has 0 saturated carbocycles. The molecule has 3 aromatic carbocycles. The van der Waals surface area contributed by atoms with Crippen LogP contribution >= 0.6 is 0 Å². The molecule has 0 unspecified atom stereocenters. The van der Waals surface area contributed by atoms with Gasteiger partial charge in [-0.15, -0.1) is 0 Å². The van der Waals surface area contributed by atoms with E-state index in [0.29, 0.717) is 36.7 Å². The molecule has 1 aliphatic carbocycles. The summed E-state index contributed by atoms with van der Waals surface area (Å²) in [4.78, 5) is 13.9. The summed E-state index contributed by atoms with van der Waals surface area (Å²) >= 11 is 0. The molecule has 0 radical (unpaired) electrons. The van der Waals surface area contributed by atoms with Gasteiger partial charge in [-0.3, -0.25) is 4.79 Å². The topological polar surface area (TPSA) is 78.1 Å². The van der Waals surface area contributed by atoms with Crippen LogP contribution in [0.2, 0.25) is 0 Å². The van der Waals surface area contributed by atoms with Crippen molar-refractivity contribution in [2.75, 3.05) is 38.6 Å². The average Bonchev–Trinajstić information content (AvgIpc) is 3.09. The van der Waals surface area contributed by atoms with Crippen molar-refractivity contribution in [1.29, 1.82) is 0 Å². The van der Waals surface area contributed by atoms with Gasteiger partial charge in [0.15, 0.2) is 17.3 Å². The predicted octanol–water partition coefficient (Wildman–Crippen LogP) is 6.09. The maximum Gasteiger partial charge on any atom is 0.203 e. The van der Waals surface area contributed by atoms with Crippen molar-refractivity contribution in [2.24, 2.45) is 0 Å². The van der Waals surface area contributed by atoms with E-state index >= 15 is 0 Å². The molecular formula is C30H32N2O5. The zero-order chi connectivity index (χ0) is 25.9. The summed E-state index contributed by atoms with van der Waals surface area (Å²) in [5, 5.41) is 7.21. The Kier molecular flexibility index (Phi) is 6.95. The van der Waals surface area contributed by atoms with E-state index in [-0.39, 0.29) is 17.7 Å². The number of allylic oxidation sites excluding steroid dienone is 1. The molecule has 3 aromatic rings. The number of methoxy groups -OCH3 is 3. The quantitative estimate of drug-likeness (QED) is 0.406. The first-order valence-electron chi connectivity index (χ1n) is 12.5. The van der Waals surface area contributed by atoms with Crippen LogP contribution in [0.1, 0.15) is 42.9 Å². The molecule has 1 aliphatic heterocycles. The Hall–Kier alpha value is -4.13. The predicted molar refractivity (Wildman–Crippen MR) is 144 cm³/mol. The number of rotatable bonds is 7. The van der Waals surface area contributed by atoms with E-state index in [9.17, 15) is 4.79 Å². The normalized spacial score (nSPS) is 18.5. The van der Waals surface area contributed by atoms with Gasteiger partial charge < -0.3 is 29.6 Å². The van der Waals surface area contributed by atoms with Gasteiger partial charge in [-0.2, -0.15) is 0 Å². The number of ether oxygens (including phenoxy) is 4. The SMILES string of the molecule is CCOc1ccc([C@H]2Nc3ccccc3NC3=C2C(=O)C[C@H](c2cc(OC)c(OC)c(OC)c2)C3)cc1. The molecule has 2 aliphatic rings. The largest absolute Gasteiger partial charge is 0.494 e. The smallest absolute Gasteiger partial charge is 0.203 e. The Morgan fingerprint density at radius 3 is 2.14 bits per heavy atom. The van der Waals surface area contributed by atoms with Crippen LogP contribution in [0.4, 0.5) is 11.4 Å². The van der Waals surface area contributed by atoms with E-state index in [0.717, 1.165) is 39.5 Å². The zero-order valence-electron chi connectivity index (χ0n) is 21.6. The fourth-order valence-corrected chi connectivity index (χ4v) is 5.24. The highest BCUT2D eigenvalue weighted by Gasteiger charge is 2.36. The second kappa shape index (κ2) is 10.5. The van der Waals surface area contributed by atoms with Gasteiger partial charge in [-0.1, -0.05) is 24.3 Å². The minimum atomic E-state index is -0.282. The molecule has 192 valence electrons. The van der Waals surface area contributed by atoms with E-state index in [2.05, 4.69) is 10.6 Å². The van der Waals surface area contributed by atoms with E-state index in [1.807, 2.05) is 67.6 Å². The lowest BCUT2D eigenvalue weighted by molar-refractivity contribution is -0.116. The Morgan fingerprint density at radius 1 is 0.838 bits per heavy atom. The van der Waals surface area contributed by atoms with Crippen molar-refractivity contribution in [1.82, 2.24) is 0 Å². The van der Waals surface area contributed by atoms with Gasteiger partial charge in [0.25, 0.3) is 0 Å². The van der Waals surface area contributed by atoms with Crippen LogP contribution in [0.3, 0.4) is 0 Å². The summed E-state index contributed by atoms with van der Waals surface area (Å²) in [5.74, 6) is 2.57. The van der Waals surface area contributed by atoms with Crippen molar-refractivity contribution in [3.05, 3.63) is 83.1 Å². The van der Waals surface area contributed by atoms with E-state index in [4.69, 9.17) is 18.9 Å². The zero-order valence-corrected chi connectivity index (χ0v) is 21.6. The molecule has 5 rings (SSSR count). The Morgan fingerprint density at radius 2 is 1.51 bits per heavy atom. The maximum atomic E-state index is 13.9. The summed E-state index contributed by atoms with van der Waals surface area (Å²) in [5.41, 5.74) is 5.57. The van der Waals surface area contributed by atoms with Crippen LogP contribution in [0.5, 0.6) is 23.0 Å². The third kappa shape index (κ3) is 4.69. The molecule has 0 aromatic heterocycles. The lowest BCUT2D eigenvalue weighted by atomic mass is 9.78. The van der Waals surface area contributed by atoms with Gasteiger partial charge in [-0.25, -0.2) is 0 Å². The Bertz CT molecular complexity index is 1310. The second-order valence-corrected chi connectivity index (χ2v) is 9.13. The van der Waals surface area contributed by atoms with Gasteiger partial charge in [-0.05, 0) is 66.8 Å². The highest BCUT2D eigenvalue weighted by molar-refractivity contribution is 6.01. The standard InChI is InChI=1S/C30H32N2O5/c1-5-37-21-12-10-18(11-13-21)29-28-24(31-22-8-6-7-9-23(22)32-29)14-19(15-25(28)33)20-16-26(34-2)30(36-4)27(17-20)35-3/h6-13,16-17,19,29,31-32H,5,14-15H2,1-4H3/t19-,29-/m1/s1. The molecule has 37 heavy (non-hydrogen) atoms. The van der Waals surface area contributed by atoms with Crippen LogP contribution in [-0.4, -0.2) is 33.7 Å². The number of benzene rings is 3. The lowest BCUT2D eigenvalue weighted by Crippen LogP contribution is -2.27. The van der Waals surface area contributed by atoms with E-state index < -0.39 is 0 Å². The number of hydrogen-bond acceptors (Lipinski definition) is 7. The van der Waals surface area contributed by atoms with Gasteiger partial charge in [0, 0.05) is 17.7 Å². The number of Topliss-reactive ketones (excluding diaryl/α,β-unsaturated/α-hetero) is 1. The van der Waals surface area contributed by atoms with E-state index in [1.165, 1.54) is 0 Å². The molecule has 7 nitrogen and oxygen atoms in total. The third-order valence-corrected chi connectivity index (χ3v) is 6.99. The molecule has 0 spiro atoms. The van der Waals surface area contributed by atoms with Crippen molar-refractivity contribution >= 4 is 17.2 Å². The van der Waals surface area contributed by atoms with Gasteiger partial charge >= 0.3 is 0 Å². The van der Waals surface area contributed by atoms with Crippen LogP contribution in [-0.2, 0) is 4.79 Å². The molecule has 7 heteroatoms. The summed E-state index contributed by atoms with van der Waals surface area (Å²) < 4.78 is 22.3. The highest BCUT2D eigenvalue weighted by Crippen LogP contribution is 2.47. The molecule has 2 atom stereocenters. The Balaban J connectivity index is 1.57. The average molecular weight is 501 g/mol. The molecule has 0 bridgehead atoms. The number of para-hydroxylation sites is 2. The summed E-state index contributed by atoms with van der Waals surface area (Å²) in [6, 6.07) is 19.6. The third-order valence-electron chi connectivity index (χ3n) is 6.99. The number of anilines is 2. The molecular weight excluding hydrogens is 468 g/mol. The summed E-state index contributed by atoms with van der Waals surface area (Å²) in [6.45, 7) is 2.57. The molecule has 0 amide bonds. The van der Waals surface area contributed by atoms with Crippen LogP contribution < -0.4 is 29.6 Å². The molecule has 2 N–H and O–H groups in total. The monoisotopic (exact) mass is 500 g/mol. The van der Waals surface area contributed by atoms with Crippen LogP contribution in [0, 0.1) is 0 Å². The van der Waals surface area contributed by atoms with Gasteiger partial charge in [0.05, 0.1) is 45.4 Å². The van der Waals surface area contributed by atoms with Gasteiger partial charge in [0.2, 0.25) is 5.75 Å². The number of hydrogen-bond donors (Lipinski definition) is 2. The second-order valence-electron chi connectivity index (χ2n) is 9.13. The maximum absolute atomic E-state index is 13.9. The molecule has 0 fully saturated rings. The van der Waals surface area contributed by atoms with Crippen molar-refractivity contribution < 1.29 is 23.7 Å². The first-order valence-corrected chi connectivity index (χ1v) is 12.5. The first kappa shape index (κ1) is 24.6. The fraction of sp³-hybridized carbons (Fsp3) is 0.300. The van der Waals surface area contributed by atoms with Crippen molar-refractivity contribution in [3.8, 4) is 23.0 Å². The van der Waals surface area contributed by atoms with Gasteiger partial charge in [0.1, 0.15) is 5.75 Å². The summed E-state index contributed by atoms with van der Waals surface area (Å²) in [7, 11) is 4.79. The minimum Gasteiger partial charge on any atom is -0.494 e.